The molecular formula is C11H19N5O. The second-order valence-electron chi connectivity index (χ2n) is 4.44. The molecule has 0 bridgehead atoms. The minimum Gasteiger partial charge on any atom is -0.479 e. The van der Waals surface area contributed by atoms with Crippen molar-refractivity contribution in [3.63, 3.8) is 0 Å². The van der Waals surface area contributed by atoms with Gasteiger partial charge in [0.2, 0.25) is 5.88 Å². The number of nitrogen functional groups attached to an aromatic ring is 1. The zero-order chi connectivity index (χ0) is 12.3. The number of hydrogen-bond acceptors (Lipinski definition) is 6. The van der Waals surface area contributed by atoms with Gasteiger partial charge in [0, 0.05) is 13.1 Å². The van der Waals surface area contributed by atoms with Gasteiger partial charge in [-0.3, -0.25) is 0 Å². The molecule has 6 heteroatoms. The van der Waals surface area contributed by atoms with Crippen LogP contribution in [0.1, 0.15) is 6.42 Å². The topological polar surface area (TPSA) is 76.3 Å². The van der Waals surface area contributed by atoms with Gasteiger partial charge in [-0.25, -0.2) is 4.98 Å². The molecule has 1 aliphatic rings. The Bertz CT molecular complexity index is 384. The molecule has 1 atom stereocenters. The van der Waals surface area contributed by atoms with Crippen LogP contribution in [0.15, 0.2) is 6.33 Å². The zero-order valence-corrected chi connectivity index (χ0v) is 10.3. The SMILES string of the molecule is COc1ncnc(NCC2CCN(C)C2)c1N. The molecule has 0 spiro atoms. The summed E-state index contributed by atoms with van der Waals surface area (Å²) < 4.78 is 5.05. The van der Waals surface area contributed by atoms with E-state index in [1.807, 2.05) is 0 Å². The molecule has 94 valence electrons. The summed E-state index contributed by atoms with van der Waals surface area (Å²) in [5, 5.41) is 3.27. The molecule has 0 aliphatic carbocycles. The number of nitrogens with zero attached hydrogens (tertiary/aromatic N) is 3. The molecule has 1 aromatic heterocycles. The highest BCUT2D eigenvalue weighted by Gasteiger charge is 2.19. The molecule has 1 saturated heterocycles. The van der Waals surface area contributed by atoms with Crippen molar-refractivity contribution in [3.05, 3.63) is 6.33 Å². The molecule has 1 aliphatic heterocycles. The van der Waals surface area contributed by atoms with E-state index in [1.165, 1.54) is 12.7 Å². The van der Waals surface area contributed by atoms with Crippen LogP contribution in [0.25, 0.3) is 0 Å². The molecule has 0 amide bonds. The number of likely N-dealkylation sites (tertiary alicyclic amines) is 1. The second kappa shape index (κ2) is 5.18. The number of nitrogens with one attached hydrogen (secondary N) is 1. The third-order valence-corrected chi connectivity index (χ3v) is 3.09. The highest BCUT2D eigenvalue weighted by Crippen LogP contribution is 2.24. The predicted octanol–water partition coefficient (Wildman–Crippen LogP) is 0.431. The first-order chi connectivity index (χ1) is 8.20. The lowest BCUT2D eigenvalue weighted by molar-refractivity contribution is 0.397. The predicted molar refractivity (Wildman–Crippen MR) is 67.1 cm³/mol. The van der Waals surface area contributed by atoms with E-state index in [4.69, 9.17) is 10.5 Å². The number of aromatic nitrogens is 2. The minimum absolute atomic E-state index is 0.422. The van der Waals surface area contributed by atoms with E-state index in [0.29, 0.717) is 23.3 Å². The van der Waals surface area contributed by atoms with Gasteiger partial charge in [-0.2, -0.15) is 4.98 Å². The van der Waals surface area contributed by atoms with Gasteiger partial charge in [-0.1, -0.05) is 0 Å². The minimum atomic E-state index is 0.422. The molecule has 17 heavy (non-hydrogen) atoms. The molecule has 2 rings (SSSR count). The van der Waals surface area contributed by atoms with E-state index in [0.717, 1.165) is 19.6 Å². The van der Waals surface area contributed by atoms with Crippen LogP contribution in [0.2, 0.25) is 0 Å². The lowest BCUT2D eigenvalue weighted by Gasteiger charge is -2.14. The number of anilines is 2. The Kier molecular flexibility index (Phi) is 3.63. The third-order valence-electron chi connectivity index (χ3n) is 3.09. The Morgan fingerprint density at radius 1 is 1.59 bits per heavy atom. The van der Waals surface area contributed by atoms with Crippen LogP contribution < -0.4 is 15.8 Å². The standard InChI is InChI=1S/C11H19N5O/c1-16-4-3-8(6-16)5-13-10-9(12)11(17-2)15-7-14-10/h7-8H,3-6,12H2,1-2H3,(H,13,14,15). The second-order valence-corrected chi connectivity index (χ2v) is 4.44. The van der Waals surface area contributed by atoms with Crippen LogP contribution >= 0.6 is 0 Å². The molecule has 0 radical (unpaired) electrons. The number of hydrogen-bond donors (Lipinski definition) is 2. The molecule has 1 aromatic rings. The molecule has 1 fully saturated rings. The summed E-state index contributed by atoms with van der Waals surface area (Å²) in [7, 11) is 3.69. The van der Waals surface area contributed by atoms with Crippen molar-refractivity contribution in [1.29, 1.82) is 0 Å². The molecule has 2 heterocycles. The van der Waals surface area contributed by atoms with E-state index in [-0.39, 0.29) is 0 Å². The lowest BCUT2D eigenvalue weighted by atomic mass is 10.1. The Morgan fingerprint density at radius 3 is 3.06 bits per heavy atom. The fraction of sp³-hybridized carbons (Fsp3) is 0.636. The lowest BCUT2D eigenvalue weighted by Crippen LogP contribution is -2.20. The number of nitrogens with two attached hydrogens (primary N) is 1. The van der Waals surface area contributed by atoms with E-state index < -0.39 is 0 Å². The summed E-state index contributed by atoms with van der Waals surface area (Å²) in [4.78, 5) is 10.4. The van der Waals surface area contributed by atoms with Crippen LogP contribution in [0, 0.1) is 5.92 Å². The fourth-order valence-electron chi connectivity index (χ4n) is 2.12. The maximum atomic E-state index is 5.88. The van der Waals surface area contributed by atoms with Gasteiger partial charge in [0.25, 0.3) is 0 Å². The van der Waals surface area contributed by atoms with E-state index in [1.54, 1.807) is 7.11 Å². The van der Waals surface area contributed by atoms with Gasteiger partial charge in [0.05, 0.1) is 7.11 Å². The summed E-state index contributed by atoms with van der Waals surface area (Å²) in [6, 6.07) is 0. The van der Waals surface area contributed by atoms with Crippen molar-refractivity contribution < 1.29 is 4.74 Å². The maximum absolute atomic E-state index is 5.88. The van der Waals surface area contributed by atoms with Crippen molar-refractivity contribution in [1.82, 2.24) is 14.9 Å². The Balaban J connectivity index is 1.95. The number of rotatable bonds is 4. The van der Waals surface area contributed by atoms with Crippen molar-refractivity contribution in [2.24, 2.45) is 5.92 Å². The van der Waals surface area contributed by atoms with Crippen molar-refractivity contribution in [2.45, 2.75) is 6.42 Å². The van der Waals surface area contributed by atoms with Gasteiger partial charge >= 0.3 is 0 Å². The van der Waals surface area contributed by atoms with Gasteiger partial charge < -0.3 is 20.7 Å². The first-order valence-corrected chi connectivity index (χ1v) is 5.77. The molecule has 6 nitrogen and oxygen atoms in total. The Hall–Kier alpha value is -1.56. The van der Waals surface area contributed by atoms with Crippen molar-refractivity contribution in [3.8, 4) is 5.88 Å². The largest absolute Gasteiger partial charge is 0.479 e. The average molecular weight is 237 g/mol. The maximum Gasteiger partial charge on any atom is 0.242 e. The van der Waals surface area contributed by atoms with Gasteiger partial charge in [0.15, 0.2) is 5.82 Å². The molecule has 0 aromatic carbocycles. The van der Waals surface area contributed by atoms with Gasteiger partial charge in [-0.05, 0) is 25.9 Å². The molecule has 0 saturated carbocycles. The summed E-state index contributed by atoms with van der Waals surface area (Å²) in [6.07, 6.45) is 2.67. The fourth-order valence-corrected chi connectivity index (χ4v) is 2.12. The van der Waals surface area contributed by atoms with Crippen molar-refractivity contribution in [2.75, 3.05) is 44.8 Å². The van der Waals surface area contributed by atoms with Crippen LogP contribution in [0.5, 0.6) is 5.88 Å². The average Bonchev–Trinajstić information content (AvgIpc) is 2.74. The molecular weight excluding hydrogens is 218 g/mol. The first-order valence-electron chi connectivity index (χ1n) is 5.77. The summed E-state index contributed by atoms with van der Waals surface area (Å²) >= 11 is 0. The van der Waals surface area contributed by atoms with E-state index >= 15 is 0 Å². The molecule has 3 N–H and O–H groups in total. The highest BCUT2D eigenvalue weighted by molar-refractivity contribution is 5.66. The van der Waals surface area contributed by atoms with Crippen LogP contribution in [-0.4, -0.2) is 48.7 Å². The smallest absolute Gasteiger partial charge is 0.242 e. The van der Waals surface area contributed by atoms with Crippen LogP contribution in [0.3, 0.4) is 0 Å². The van der Waals surface area contributed by atoms with Crippen LogP contribution in [-0.2, 0) is 0 Å². The quantitative estimate of drug-likeness (QED) is 0.791. The summed E-state index contributed by atoms with van der Waals surface area (Å²) in [5.74, 6) is 1.73. The third kappa shape index (κ3) is 2.76. The molecule has 1 unspecified atom stereocenters. The Labute approximate surface area is 101 Å². The van der Waals surface area contributed by atoms with E-state index in [9.17, 15) is 0 Å². The monoisotopic (exact) mass is 237 g/mol. The summed E-state index contributed by atoms with van der Waals surface area (Å²) in [6.45, 7) is 3.17. The normalized spacial score (nSPS) is 20.5. The zero-order valence-electron chi connectivity index (χ0n) is 10.3. The first kappa shape index (κ1) is 11.9. The van der Waals surface area contributed by atoms with E-state index in [2.05, 4.69) is 27.2 Å². The van der Waals surface area contributed by atoms with Gasteiger partial charge in [-0.15, -0.1) is 0 Å². The number of methoxy groups -OCH3 is 1. The van der Waals surface area contributed by atoms with Gasteiger partial charge in [0.1, 0.15) is 12.0 Å². The number of ether oxygens (including phenoxy) is 1. The summed E-state index contributed by atoms with van der Waals surface area (Å²) in [5.41, 5.74) is 6.36. The highest BCUT2D eigenvalue weighted by atomic mass is 16.5. The van der Waals surface area contributed by atoms with Crippen LogP contribution in [0.4, 0.5) is 11.5 Å². The Morgan fingerprint density at radius 2 is 2.41 bits per heavy atom. The van der Waals surface area contributed by atoms with Crippen molar-refractivity contribution >= 4 is 11.5 Å².